The van der Waals surface area contributed by atoms with Crippen molar-refractivity contribution in [3.8, 4) is 5.75 Å². The predicted octanol–water partition coefficient (Wildman–Crippen LogP) is 3.31. The Kier molecular flexibility index (Phi) is 4.44. The molecule has 0 saturated carbocycles. The third kappa shape index (κ3) is 2.91. The van der Waals surface area contributed by atoms with Gasteiger partial charge in [-0.25, -0.2) is 4.98 Å². The molecule has 1 saturated heterocycles. The van der Waals surface area contributed by atoms with Crippen LogP contribution in [0.25, 0.3) is 11.0 Å². The lowest BCUT2D eigenvalue weighted by molar-refractivity contribution is 0.340. The van der Waals surface area contributed by atoms with Gasteiger partial charge in [-0.15, -0.1) is 0 Å². The molecule has 0 bridgehead atoms. The van der Waals surface area contributed by atoms with Gasteiger partial charge in [-0.3, -0.25) is 0 Å². The first-order valence-corrected chi connectivity index (χ1v) is 8.17. The second kappa shape index (κ2) is 6.48. The molecule has 1 aromatic heterocycles. The highest BCUT2D eigenvalue weighted by Gasteiger charge is 2.22. The molecule has 0 aliphatic carbocycles. The van der Waals surface area contributed by atoms with E-state index in [0.717, 1.165) is 37.3 Å². The number of fused-ring (bicyclic) bond motifs is 1. The molecular formula is C17H25N3O. The average Bonchev–Trinajstić information content (AvgIpc) is 2.87. The zero-order valence-electron chi connectivity index (χ0n) is 13.1. The van der Waals surface area contributed by atoms with Crippen molar-refractivity contribution >= 4 is 11.0 Å². The summed E-state index contributed by atoms with van der Waals surface area (Å²) in [6, 6.07) is 6.29. The summed E-state index contributed by atoms with van der Waals surface area (Å²) in [5.41, 5.74) is 2.30. The van der Waals surface area contributed by atoms with Gasteiger partial charge in [-0.2, -0.15) is 0 Å². The van der Waals surface area contributed by atoms with Crippen LogP contribution in [0.1, 0.15) is 44.9 Å². The van der Waals surface area contributed by atoms with Gasteiger partial charge in [0.05, 0.1) is 17.6 Å². The van der Waals surface area contributed by atoms with Crippen molar-refractivity contribution in [2.24, 2.45) is 0 Å². The first kappa shape index (κ1) is 14.4. The lowest BCUT2D eigenvalue weighted by Crippen LogP contribution is -2.30. The zero-order valence-corrected chi connectivity index (χ0v) is 13.1. The van der Waals surface area contributed by atoms with Crippen LogP contribution in [0.5, 0.6) is 5.75 Å². The number of nitrogens with one attached hydrogen (secondary N) is 1. The molecule has 1 atom stereocenters. The maximum atomic E-state index is 5.61. The van der Waals surface area contributed by atoms with Crippen LogP contribution >= 0.6 is 0 Å². The normalized spacial score (nSPS) is 19.0. The number of hydrogen-bond acceptors (Lipinski definition) is 3. The third-order valence-corrected chi connectivity index (χ3v) is 4.17. The number of hydrogen-bond donors (Lipinski definition) is 1. The largest absolute Gasteiger partial charge is 0.494 e. The van der Waals surface area contributed by atoms with E-state index in [4.69, 9.17) is 9.72 Å². The topological polar surface area (TPSA) is 39.1 Å². The molecule has 1 aliphatic rings. The van der Waals surface area contributed by atoms with Crippen molar-refractivity contribution in [1.29, 1.82) is 0 Å². The average molecular weight is 287 g/mol. The summed E-state index contributed by atoms with van der Waals surface area (Å²) in [6.45, 7) is 8.16. The fourth-order valence-electron chi connectivity index (χ4n) is 3.23. The minimum Gasteiger partial charge on any atom is -0.494 e. The van der Waals surface area contributed by atoms with Crippen LogP contribution in [0.3, 0.4) is 0 Å². The molecule has 0 radical (unpaired) electrons. The SMILES string of the molecule is CCCn1c(C2CCCNC2)nc2cc(OCC)ccc21. The molecule has 2 aromatic rings. The van der Waals surface area contributed by atoms with E-state index in [9.17, 15) is 0 Å². The Morgan fingerprint density at radius 2 is 2.29 bits per heavy atom. The third-order valence-electron chi connectivity index (χ3n) is 4.17. The first-order chi connectivity index (χ1) is 10.3. The summed E-state index contributed by atoms with van der Waals surface area (Å²) in [5.74, 6) is 2.69. The second-order valence-corrected chi connectivity index (χ2v) is 5.75. The Bertz CT molecular complexity index is 599. The number of benzene rings is 1. The van der Waals surface area contributed by atoms with Gasteiger partial charge in [0.1, 0.15) is 11.6 Å². The van der Waals surface area contributed by atoms with Crippen LogP contribution < -0.4 is 10.1 Å². The lowest BCUT2D eigenvalue weighted by Gasteiger charge is -2.23. The molecule has 1 N–H and O–H groups in total. The summed E-state index contributed by atoms with van der Waals surface area (Å²) in [4.78, 5) is 4.94. The fraction of sp³-hybridized carbons (Fsp3) is 0.588. The van der Waals surface area contributed by atoms with E-state index in [-0.39, 0.29) is 0 Å². The van der Waals surface area contributed by atoms with Crippen LogP contribution in [0.4, 0.5) is 0 Å². The standard InChI is InChI=1S/C17H25N3O/c1-3-10-20-16-8-7-14(21-4-2)11-15(16)19-17(20)13-6-5-9-18-12-13/h7-8,11,13,18H,3-6,9-10,12H2,1-2H3. The number of rotatable bonds is 5. The Morgan fingerprint density at radius 3 is 3.00 bits per heavy atom. The Balaban J connectivity index is 2.02. The molecule has 1 fully saturated rings. The Morgan fingerprint density at radius 1 is 1.38 bits per heavy atom. The number of ether oxygens (including phenoxy) is 1. The van der Waals surface area contributed by atoms with E-state index >= 15 is 0 Å². The van der Waals surface area contributed by atoms with Gasteiger partial charge in [0.25, 0.3) is 0 Å². The van der Waals surface area contributed by atoms with Crippen molar-refractivity contribution < 1.29 is 4.74 Å². The van der Waals surface area contributed by atoms with E-state index in [0.29, 0.717) is 12.5 Å². The van der Waals surface area contributed by atoms with Gasteiger partial charge in [-0.1, -0.05) is 6.92 Å². The summed E-state index contributed by atoms with van der Waals surface area (Å²) in [6.07, 6.45) is 3.61. The summed E-state index contributed by atoms with van der Waals surface area (Å²) < 4.78 is 8.01. The highest BCUT2D eigenvalue weighted by Crippen LogP contribution is 2.29. The summed E-state index contributed by atoms with van der Waals surface area (Å²) in [7, 11) is 0. The minimum absolute atomic E-state index is 0.535. The summed E-state index contributed by atoms with van der Waals surface area (Å²) in [5, 5.41) is 3.50. The van der Waals surface area contributed by atoms with Crippen molar-refractivity contribution in [1.82, 2.24) is 14.9 Å². The van der Waals surface area contributed by atoms with Crippen molar-refractivity contribution in [3.05, 3.63) is 24.0 Å². The van der Waals surface area contributed by atoms with Crippen LogP contribution in [-0.2, 0) is 6.54 Å². The molecule has 114 valence electrons. The zero-order chi connectivity index (χ0) is 14.7. The molecule has 1 aliphatic heterocycles. The van der Waals surface area contributed by atoms with Gasteiger partial charge < -0.3 is 14.6 Å². The van der Waals surface area contributed by atoms with Gasteiger partial charge in [0.2, 0.25) is 0 Å². The van der Waals surface area contributed by atoms with E-state index in [1.54, 1.807) is 0 Å². The summed E-state index contributed by atoms with van der Waals surface area (Å²) >= 11 is 0. The maximum Gasteiger partial charge on any atom is 0.121 e. The highest BCUT2D eigenvalue weighted by molar-refractivity contribution is 5.78. The molecule has 0 spiro atoms. The number of aromatic nitrogens is 2. The molecule has 4 heteroatoms. The van der Waals surface area contributed by atoms with Gasteiger partial charge in [0.15, 0.2) is 0 Å². The van der Waals surface area contributed by atoms with Gasteiger partial charge in [-0.05, 0) is 44.9 Å². The molecular weight excluding hydrogens is 262 g/mol. The first-order valence-electron chi connectivity index (χ1n) is 8.17. The smallest absolute Gasteiger partial charge is 0.121 e. The number of imidazole rings is 1. The van der Waals surface area contributed by atoms with Gasteiger partial charge >= 0.3 is 0 Å². The molecule has 21 heavy (non-hydrogen) atoms. The Labute approximate surface area is 126 Å². The van der Waals surface area contributed by atoms with Crippen LogP contribution in [-0.4, -0.2) is 29.2 Å². The lowest BCUT2D eigenvalue weighted by atomic mass is 9.99. The van der Waals surface area contributed by atoms with E-state index < -0.39 is 0 Å². The van der Waals surface area contributed by atoms with Crippen LogP contribution in [0.2, 0.25) is 0 Å². The fourth-order valence-corrected chi connectivity index (χ4v) is 3.23. The number of aryl methyl sites for hydroxylation is 1. The molecule has 0 amide bonds. The maximum absolute atomic E-state index is 5.61. The monoisotopic (exact) mass is 287 g/mol. The van der Waals surface area contributed by atoms with E-state index in [1.807, 2.05) is 6.92 Å². The predicted molar refractivity (Wildman–Crippen MR) is 86.0 cm³/mol. The molecule has 1 unspecified atom stereocenters. The van der Waals surface area contributed by atoms with E-state index in [1.165, 1.54) is 24.2 Å². The molecule has 4 nitrogen and oxygen atoms in total. The van der Waals surface area contributed by atoms with Crippen LogP contribution in [0, 0.1) is 0 Å². The van der Waals surface area contributed by atoms with Gasteiger partial charge in [0, 0.05) is 25.1 Å². The van der Waals surface area contributed by atoms with Crippen LogP contribution in [0.15, 0.2) is 18.2 Å². The minimum atomic E-state index is 0.535. The van der Waals surface area contributed by atoms with Crippen molar-refractivity contribution in [2.45, 2.75) is 45.6 Å². The van der Waals surface area contributed by atoms with Crippen molar-refractivity contribution in [2.75, 3.05) is 19.7 Å². The Hall–Kier alpha value is -1.55. The molecule has 1 aromatic carbocycles. The molecule has 2 heterocycles. The second-order valence-electron chi connectivity index (χ2n) is 5.75. The molecule has 3 rings (SSSR count). The number of nitrogens with zero attached hydrogens (tertiary/aromatic N) is 2. The highest BCUT2D eigenvalue weighted by atomic mass is 16.5. The number of piperidine rings is 1. The van der Waals surface area contributed by atoms with E-state index in [2.05, 4.69) is 35.0 Å². The van der Waals surface area contributed by atoms with Crippen molar-refractivity contribution in [3.63, 3.8) is 0 Å². The quantitative estimate of drug-likeness (QED) is 0.917.